The van der Waals surface area contributed by atoms with Crippen LogP contribution in [0.25, 0.3) is 21.9 Å². The lowest BCUT2D eigenvalue weighted by Gasteiger charge is -2.12. The molecule has 122 valence electrons. The molecule has 2 amide bonds. The van der Waals surface area contributed by atoms with E-state index in [1.807, 2.05) is 26.0 Å². The van der Waals surface area contributed by atoms with Gasteiger partial charge in [-0.25, -0.2) is 14.2 Å². The number of hydrogen-bond acceptors (Lipinski definition) is 3. The zero-order valence-electron chi connectivity index (χ0n) is 13.4. The molecule has 24 heavy (non-hydrogen) atoms. The first-order valence-corrected chi connectivity index (χ1v) is 7.64. The highest BCUT2D eigenvalue weighted by atomic mass is 19.1. The van der Waals surface area contributed by atoms with Gasteiger partial charge in [0.15, 0.2) is 0 Å². The molecule has 2 aromatic heterocycles. The van der Waals surface area contributed by atoms with Gasteiger partial charge in [-0.2, -0.15) is 0 Å². The number of aryl methyl sites for hydroxylation is 1. The molecule has 3 rings (SSSR count). The predicted molar refractivity (Wildman–Crippen MR) is 92.4 cm³/mol. The molecule has 0 saturated heterocycles. The molecule has 1 aromatic carbocycles. The third-order valence-electron chi connectivity index (χ3n) is 3.76. The molecule has 2 N–H and O–H groups in total. The van der Waals surface area contributed by atoms with Gasteiger partial charge in [0, 0.05) is 29.9 Å². The van der Waals surface area contributed by atoms with Gasteiger partial charge in [0.05, 0.1) is 6.20 Å². The summed E-state index contributed by atoms with van der Waals surface area (Å²) in [5, 5.41) is 7.06. The van der Waals surface area contributed by atoms with E-state index in [2.05, 4.69) is 20.6 Å². The Morgan fingerprint density at radius 2 is 2.00 bits per heavy atom. The number of nitrogens with one attached hydrogen (secondary N) is 2. The minimum absolute atomic E-state index is 0.325. The molecule has 0 aliphatic carbocycles. The van der Waals surface area contributed by atoms with Crippen molar-refractivity contribution >= 4 is 22.6 Å². The molecular weight excluding hydrogens is 307 g/mol. The summed E-state index contributed by atoms with van der Waals surface area (Å²) in [5.41, 5.74) is 2.22. The highest BCUT2D eigenvalue weighted by molar-refractivity contribution is 6.00. The summed E-state index contributed by atoms with van der Waals surface area (Å²) in [4.78, 5) is 19.8. The van der Waals surface area contributed by atoms with E-state index in [0.717, 1.165) is 21.9 Å². The van der Waals surface area contributed by atoms with Crippen LogP contribution in [-0.4, -0.2) is 22.5 Å². The average Bonchev–Trinajstić information content (AvgIpc) is 2.56. The number of anilines is 1. The second kappa shape index (κ2) is 6.62. The van der Waals surface area contributed by atoms with E-state index in [1.54, 1.807) is 24.5 Å². The molecule has 0 atom stereocenters. The third-order valence-corrected chi connectivity index (χ3v) is 3.76. The molecule has 0 saturated carbocycles. The molecule has 0 aliphatic heterocycles. The van der Waals surface area contributed by atoms with Crippen LogP contribution < -0.4 is 10.6 Å². The van der Waals surface area contributed by atoms with E-state index in [1.165, 1.54) is 6.20 Å². The maximum absolute atomic E-state index is 14.2. The molecule has 3 aromatic rings. The maximum atomic E-state index is 14.2. The van der Waals surface area contributed by atoms with Crippen molar-refractivity contribution < 1.29 is 9.18 Å². The summed E-state index contributed by atoms with van der Waals surface area (Å²) < 4.78 is 14.2. The number of pyridine rings is 2. The standard InChI is InChI=1S/C18H17FN4O/c1-3-21-18(24)23-17-8-14-12(13-6-7-20-10-16(13)19)5-4-11(2)15(14)9-22-17/h4-10H,3H2,1-2H3,(H2,21,22,23,24). The zero-order valence-corrected chi connectivity index (χ0v) is 13.4. The fourth-order valence-corrected chi connectivity index (χ4v) is 2.60. The SMILES string of the molecule is CCNC(=O)Nc1cc2c(-c3ccncc3F)ccc(C)c2cn1. The van der Waals surface area contributed by atoms with Gasteiger partial charge in [0.1, 0.15) is 11.6 Å². The molecule has 0 bridgehead atoms. The molecule has 0 aliphatic rings. The molecule has 0 spiro atoms. The highest BCUT2D eigenvalue weighted by Crippen LogP contribution is 2.32. The van der Waals surface area contributed by atoms with Crippen LogP contribution in [0, 0.1) is 12.7 Å². The number of amides is 2. The Bertz CT molecular complexity index is 911. The van der Waals surface area contributed by atoms with Crippen molar-refractivity contribution in [3.05, 3.63) is 54.2 Å². The van der Waals surface area contributed by atoms with Crippen molar-refractivity contribution in [3.8, 4) is 11.1 Å². The van der Waals surface area contributed by atoms with Crippen LogP contribution in [0.4, 0.5) is 15.0 Å². The Morgan fingerprint density at radius 3 is 2.75 bits per heavy atom. The van der Waals surface area contributed by atoms with Crippen LogP contribution >= 0.6 is 0 Å². The fourth-order valence-electron chi connectivity index (χ4n) is 2.60. The van der Waals surface area contributed by atoms with E-state index in [4.69, 9.17) is 0 Å². The number of carbonyl (C=O) groups excluding carboxylic acids is 1. The number of carbonyl (C=O) groups is 1. The van der Waals surface area contributed by atoms with Crippen molar-refractivity contribution in [2.45, 2.75) is 13.8 Å². The summed E-state index contributed by atoms with van der Waals surface area (Å²) >= 11 is 0. The largest absolute Gasteiger partial charge is 0.338 e. The van der Waals surface area contributed by atoms with Gasteiger partial charge in [-0.3, -0.25) is 10.3 Å². The van der Waals surface area contributed by atoms with E-state index < -0.39 is 5.82 Å². The van der Waals surface area contributed by atoms with Crippen molar-refractivity contribution in [1.82, 2.24) is 15.3 Å². The Labute approximate surface area is 138 Å². The Balaban J connectivity index is 2.14. The van der Waals surface area contributed by atoms with E-state index in [-0.39, 0.29) is 6.03 Å². The molecule has 6 heteroatoms. The van der Waals surface area contributed by atoms with Gasteiger partial charge in [-0.05, 0) is 42.5 Å². The molecule has 0 unspecified atom stereocenters. The summed E-state index contributed by atoms with van der Waals surface area (Å²) in [6, 6.07) is 6.86. The van der Waals surface area contributed by atoms with Crippen molar-refractivity contribution in [2.75, 3.05) is 11.9 Å². The maximum Gasteiger partial charge on any atom is 0.320 e. The Kier molecular flexibility index (Phi) is 4.37. The van der Waals surface area contributed by atoms with Crippen LogP contribution in [0.15, 0.2) is 42.9 Å². The first-order valence-electron chi connectivity index (χ1n) is 7.64. The molecule has 2 heterocycles. The van der Waals surface area contributed by atoms with Gasteiger partial charge in [-0.15, -0.1) is 0 Å². The number of aromatic nitrogens is 2. The van der Waals surface area contributed by atoms with Gasteiger partial charge in [-0.1, -0.05) is 12.1 Å². The number of hydrogen-bond donors (Lipinski definition) is 2. The van der Waals surface area contributed by atoms with Gasteiger partial charge in [0.25, 0.3) is 0 Å². The zero-order chi connectivity index (χ0) is 17.1. The first-order chi connectivity index (χ1) is 11.6. The number of benzene rings is 1. The van der Waals surface area contributed by atoms with Gasteiger partial charge < -0.3 is 5.32 Å². The quantitative estimate of drug-likeness (QED) is 0.768. The van der Waals surface area contributed by atoms with Crippen molar-refractivity contribution in [3.63, 3.8) is 0 Å². The summed E-state index contributed by atoms with van der Waals surface area (Å²) in [6.45, 7) is 4.32. The summed E-state index contributed by atoms with van der Waals surface area (Å²) in [5.74, 6) is 0.0208. The number of fused-ring (bicyclic) bond motifs is 1. The lowest BCUT2D eigenvalue weighted by Crippen LogP contribution is -2.28. The third kappa shape index (κ3) is 3.03. The van der Waals surface area contributed by atoms with E-state index in [0.29, 0.717) is 17.9 Å². The van der Waals surface area contributed by atoms with Crippen LogP contribution in [-0.2, 0) is 0 Å². The van der Waals surface area contributed by atoms with Crippen LogP contribution in [0.2, 0.25) is 0 Å². The second-order valence-corrected chi connectivity index (χ2v) is 5.39. The minimum Gasteiger partial charge on any atom is -0.338 e. The van der Waals surface area contributed by atoms with Crippen LogP contribution in [0.1, 0.15) is 12.5 Å². The van der Waals surface area contributed by atoms with Gasteiger partial charge in [0.2, 0.25) is 0 Å². The van der Waals surface area contributed by atoms with Crippen molar-refractivity contribution in [2.24, 2.45) is 0 Å². The van der Waals surface area contributed by atoms with Crippen LogP contribution in [0.3, 0.4) is 0 Å². The second-order valence-electron chi connectivity index (χ2n) is 5.39. The first kappa shape index (κ1) is 15.9. The highest BCUT2D eigenvalue weighted by Gasteiger charge is 2.12. The van der Waals surface area contributed by atoms with Gasteiger partial charge >= 0.3 is 6.03 Å². The number of halogens is 1. The smallest absolute Gasteiger partial charge is 0.320 e. The molecule has 0 fully saturated rings. The number of nitrogens with zero attached hydrogens (tertiary/aromatic N) is 2. The fraction of sp³-hybridized carbons (Fsp3) is 0.167. The molecular formula is C18H17FN4O. The average molecular weight is 324 g/mol. The summed E-state index contributed by atoms with van der Waals surface area (Å²) in [6.07, 6.45) is 4.43. The number of urea groups is 1. The lowest BCUT2D eigenvalue weighted by atomic mass is 9.97. The lowest BCUT2D eigenvalue weighted by molar-refractivity contribution is 0.252. The molecule has 5 nitrogen and oxygen atoms in total. The number of rotatable bonds is 3. The topological polar surface area (TPSA) is 66.9 Å². The van der Waals surface area contributed by atoms with E-state index >= 15 is 0 Å². The van der Waals surface area contributed by atoms with E-state index in [9.17, 15) is 9.18 Å². The normalized spacial score (nSPS) is 10.6. The Hall–Kier alpha value is -3.02. The Morgan fingerprint density at radius 1 is 1.17 bits per heavy atom. The van der Waals surface area contributed by atoms with Crippen molar-refractivity contribution in [1.29, 1.82) is 0 Å². The predicted octanol–water partition coefficient (Wildman–Crippen LogP) is 3.89. The minimum atomic E-state index is -0.391. The summed E-state index contributed by atoms with van der Waals surface area (Å²) in [7, 11) is 0. The van der Waals surface area contributed by atoms with Crippen LogP contribution in [0.5, 0.6) is 0 Å². The monoisotopic (exact) mass is 324 g/mol. The molecule has 0 radical (unpaired) electrons.